The molecule has 0 radical (unpaired) electrons. The van der Waals surface area contributed by atoms with E-state index in [4.69, 9.17) is 23.7 Å². The van der Waals surface area contributed by atoms with Crippen molar-refractivity contribution in [3.8, 4) is 0 Å². The topological polar surface area (TPSA) is 66.4 Å². The maximum Gasteiger partial charge on any atom is 0.328 e. The van der Waals surface area contributed by atoms with Gasteiger partial charge in [0.25, 0.3) is 5.79 Å². The minimum atomic E-state index is -3.78. The third-order valence-electron chi connectivity index (χ3n) is 6.63. The molecule has 5 atom stereocenters. The molecule has 0 unspecified atom stereocenters. The van der Waals surface area contributed by atoms with Gasteiger partial charge in [0.2, 0.25) is 0 Å². The molecule has 1 aromatic carbocycles. The first-order chi connectivity index (χ1) is 17.9. The molecule has 2 rings (SSSR count). The summed E-state index contributed by atoms with van der Waals surface area (Å²) in [6, 6.07) is 7.25. The molecule has 1 fully saturated rings. The molecule has 0 saturated carbocycles. The molecule has 1 aliphatic heterocycles. The monoisotopic (exact) mass is 530 g/mol. The van der Waals surface area contributed by atoms with Gasteiger partial charge in [-0.25, -0.2) is 0 Å². The SMILES string of the molecule is CCCCOC[C@H]1O[C@@](O)(C(F)(F)c2ccccc2)[C@H](OCCCC)[C@@H](OCCCC)[C@@H]1OCCCC. The summed E-state index contributed by atoms with van der Waals surface area (Å²) in [6.45, 7) is 9.51. The molecule has 1 saturated heterocycles. The molecular formula is C29H48F2O6. The van der Waals surface area contributed by atoms with Gasteiger partial charge in [-0.05, 0) is 25.7 Å². The second-order valence-electron chi connectivity index (χ2n) is 9.74. The Morgan fingerprint density at radius 1 is 0.784 bits per heavy atom. The summed E-state index contributed by atoms with van der Waals surface area (Å²) < 4.78 is 62.6. The van der Waals surface area contributed by atoms with Gasteiger partial charge < -0.3 is 28.8 Å². The quantitative estimate of drug-likeness (QED) is 0.214. The number of benzene rings is 1. The third-order valence-corrected chi connectivity index (χ3v) is 6.63. The van der Waals surface area contributed by atoms with Crippen LogP contribution in [0.4, 0.5) is 8.78 Å². The van der Waals surface area contributed by atoms with Crippen LogP contribution in [0.1, 0.15) is 84.6 Å². The highest BCUT2D eigenvalue weighted by Gasteiger charge is 2.68. The van der Waals surface area contributed by atoms with Crippen LogP contribution in [0.25, 0.3) is 0 Å². The van der Waals surface area contributed by atoms with E-state index in [1.54, 1.807) is 6.07 Å². The zero-order valence-corrected chi connectivity index (χ0v) is 23.1. The minimum Gasteiger partial charge on any atom is -0.379 e. The normalized spacial score (nSPS) is 26.5. The average Bonchev–Trinajstić information content (AvgIpc) is 2.90. The summed E-state index contributed by atoms with van der Waals surface area (Å²) >= 11 is 0. The van der Waals surface area contributed by atoms with Gasteiger partial charge in [-0.1, -0.05) is 83.7 Å². The van der Waals surface area contributed by atoms with E-state index in [-0.39, 0.29) is 18.8 Å². The number of hydrogen-bond donors (Lipinski definition) is 1. The minimum absolute atomic E-state index is 0.000705. The van der Waals surface area contributed by atoms with Gasteiger partial charge >= 0.3 is 5.92 Å². The molecule has 37 heavy (non-hydrogen) atoms. The number of aliphatic hydroxyl groups is 1. The first-order valence-corrected chi connectivity index (χ1v) is 14.1. The molecular weight excluding hydrogens is 482 g/mol. The van der Waals surface area contributed by atoms with E-state index in [0.717, 1.165) is 44.9 Å². The molecule has 214 valence electrons. The van der Waals surface area contributed by atoms with Crippen molar-refractivity contribution < 1.29 is 37.6 Å². The Bertz CT molecular complexity index is 722. The van der Waals surface area contributed by atoms with Crippen molar-refractivity contribution in [2.75, 3.05) is 33.0 Å². The van der Waals surface area contributed by atoms with Crippen LogP contribution in [0.3, 0.4) is 0 Å². The molecule has 0 aliphatic carbocycles. The van der Waals surface area contributed by atoms with E-state index in [2.05, 4.69) is 6.92 Å². The van der Waals surface area contributed by atoms with Crippen molar-refractivity contribution in [3.05, 3.63) is 35.9 Å². The summed E-state index contributed by atoms with van der Waals surface area (Å²) in [5.74, 6) is -6.77. The standard InChI is InChI=1S/C29H48F2O6/c1-5-9-18-33-22-24-25(34-19-10-6-2)26(35-20-11-7-3)27(36-21-12-8-4)29(32,37-24)28(30,31)23-16-14-13-15-17-23/h13-17,24-27,32H,5-12,18-22H2,1-4H3/t24-,25-,26+,27-,29-/m1/s1. The van der Waals surface area contributed by atoms with Crippen LogP contribution in [0.5, 0.6) is 0 Å². The van der Waals surface area contributed by atoms with Crippen LogP contribution in [-0.2, 0) is 29.6 Å². The van der Waals surface area contributed by atoms with E-state index in [0.29, 0.717) is 26.2 Å². The number of unbranched alkanes of at least 4 members (excludes halogenated alkanes) is 4. The molecule has 0 amide bonds. The first-order valence-electron chi connectivity index (χ1n) is 14.1. The number of alkyl halides is 2. The lowest BCUT2D eigenvalue weighted by molar-refractivity contribution is -0.426. The number of hydrogen-bond acceptors (Lipinski definition) is 6. The summed E-state index contributed by atoms with van der Waals surface area (Å²) in [5.41, 5.74) is -0.357. The highest BCUT2D eigenvalue weighted by atomic mass is 19.3. The number of rotatable bonds is 19. The van der Waals surface area contributed by atoms with Crippen LogP contribution in [0.15, 0.2) is 30.3 Å². The maximum atomic E-state index is 16.2. The molecule has 0 bridgehead atoms. The van der Waals surface area contributed by atoms with Crippen LogP contribution < -0.4 is 0 Å². The Kier molecular flexibility index (Phi) is 14.5. The Hall–Kier alpha value is -1.16. The first kappa shape index (κ1) is 32.1. The van der Waals surface area contributed by atoms with Crippen molar-refractivity contribution in [1.29, 1.82) is 0 Å². The predicted octanol–water partition coefficient (Wildman–Crippen LogP) is 6.24. The molecule has 1 N–H and O–H groups in total. The summed E-state index contributed by atoms with van der Waals surface area (Å²) in [5, 5.41) is 11.8. The molecule has 0 spiro atoms. The van der Waals surface area contributed by atoms with Crippen molar-refractivity contribution in [1.82, 2.24) is 0 Å². The zero-order chi connectivity index (χ0) is 27.2. The van der Waals surface area contributed by atoms with Crippen LogP contribution in [-0.4, -0.2) is 68.3 Å². The van der Waals surface area contributed by atoms with Crippen molar-refractivity contribution in [3.63, 3.8) is 0 Å². The van der Waals surface area contributed by atoms with Crippen molar-refractivity contribution in [2.45, 2.75) is 115 Å². The van der Waals surface area contributed by atoms with E-state index in [1.165, 1.54) is 24.3 Å². The van der Waals surface area contributed by atoms with Gasteiger partial charge in [0, 0.05) is 32.0 Å². The fourth-order valence-electron chi connectivity index (χ4n) is 4.33. The summed E-state index contributed by atoms with van der Waals surface area (Å²) in [4.78, 5) is 0. The second-order valence-corrected chi connectivity index (χ2v) is 9.74. The molecule has 6 nitrogen and oxygen atoms in total. The Labute approximate surface area is 222 Å². The molecule has 0 aromatic heterocycles. The fraction of sp³-hybridized carbons (Fsp3) is 0.793. The fourth-order valence-corrected chi connectivity index (χ4v) is 4.33. The van der Waals surface area contributed by atoms with Crippen LogP contribution in [0.2, 0.25) is 0 Å². The highest BCUT2D eigenvalue weighted by molar-refractivity contribution is 5.24. The highest BCUT2D eigenvalue weighted by Crippen LogP contribution is 2.48. The Morgan fingerprint density at radius 2 is 1.30 bits per heavy atom. The van der Waals surface area contributed by atoms with Gasteiger partial charge in [-0.3, -0.25) is 0 Å². The van der Waals surface area contributed by atoms with E-state index in [1.807, 2.05) is 20.8 Å². The van der Waals surface area contributed by atoms with Crippen LogP contribution >= 0.6 is 0 Å². The Balaban J connectivity index is 2.51. The van der Waals surface area contributed by atoms with Gasteiger partial charge in [-0.2, -0.15) is 8.78 Å². The lowest BCUT2D eigenvalue weighted by Gasteiger charge is -2.52. The second kappa shape index (κ2) is 16.7. The molecule has 1 aromatic rings. The Morgan fingerprint density at radius 3 is 1.86 bits per heavy atom. The predicted molar refractivity (Wildman–Crippen MR) is 140 cm³/mol. The number of ether oxygens (including phenoxy) is 5. The van der Waals surface area contributed by atoms with Gasteiger partial charge in [-0.15, -0.1) is 0 Å². The molecule has 1 aliphatic rings. The van der Waals surface area contributed by atoms with Gasteiger partial charge in [0.05, 0.1) is 6.61 Å². The summed E-state index contributed by atoms with van der Waals surface area (Å²) in [6.07, 6.45) is 2.43. The van der Waals surface area contributed by atoms with Gasteiger partial charge in [0.15, 0.2) is 0 Å². The third kappa shape index (κ3) is 8.67. The number of halogens is 2. The van der Waals surface area contributed by atoms with Crippen molar-refractivity contribution in [2.24, 2.45) is 0 Å². The van der Waals surface area contributed by atoms with E-state index >= 15 is 8.78 Å². The van der Waals surface area contributed by atoms with Crippen molar-refractivity contribution >= 4 is 0 Å². The van der Waals surface area contributed by atoms with Gasteiger partial charge in [0.1, 0.15) is 24.4 Å². The lowest BCUT2D eigenvalue weighted by Crippen LogP contribution is -2.72. The zero-order valence-electron chi connectivity index (χ0n) is 23.1. The van der Waals surface area contributed by atoms with E-state index < -0.39 is 36.1 Å². The molecule has 1 heterocycles. The molecule has 8 heteroatoms. The average molecular weight is 531 g/mol. The van der Waals surface area contributed by atoms with E-state index in [9.17, 15) is 5.11 Å². The summed E-state index contributed by atoms with van der Waals surface area (Å²) in [7, 11) is 0. The lowest BCUT2D eigenvalue weighted by atomic mass is 9.85. The maximum absolute atomic E-state index is 16.2. The van der Waals surface area contributed by atoms with Crippen LogP contribution in [0, 0.1) is 0 Å². The largest absolute Gasteiger partial charge is 0.379 e. The smallest absolute Gasteiger partial charge is 0.328 e.